The summed E-state index contributed by atoms with van der Waals surface area (Å²) in [6.45, 7) is 0. The van der Waals surface area contributed by atoms with Gasteiger partial charge in [-0.05, 0) is 0 Å². The number of aromatic nitrogens is 2. The molecule has 1 aromatic heterocycles. The van der Waals surface area contributed by atoms with Crippen LogP contribution in [0.1, 0.15) is 0 Å². The van der Waals surface area contributed by atoms with Gasteiger partial charge in [0.1, 0.15) is 0 Å². The number of rotatable bonds is 0. The molecule has 0 spiro atoms. The maximum absolute atomic E-state index is 7.25. The molecular weight excluding hydrogens is 166 g/mol. The third-order valence-corrected chi connectivity index (χ3v) is 1.25. The average Bonchev–Trinajstić information content (AvgIpc) is 2.59. The Balaban J connectivity index is 0.000000243. The third kappa shape index (κ3) is 5.72. The molecule has 0 saturated carbocycles. The van der Waals surface area contributed by atoms with Gasteiger partial charge >= 0.3 is 0 Å². The van der Waals surface area contributed by atoms with Crippen molar-refractivity contribution in [2.45, 2.75) is 0 Å². The van der Waals surface area contributed by atoms with Crippen molar-refractivity contribution in [1.29, 1.82) is 5.41 Å². The van der Waals surface area contributed by atoms with Crippen molar-refractivity contribution in [3.63, 3.8) is 0 Å². The van der Waals surface area contributed by atoms with E-state index in [1.165, 1.54) is 0 Å². The van der Waals surface area contributed by atoms with Crippen LogP contribution in [0.5, 0.6) is 0 Å². The number of guanidine groups is 1. The third-order valence-electron chi connectivity index (χ3n) is 1.25. The molecule has 1 aromatic rings. The van der Waals surface area contributed by atoms with E-state index in [-0.39, 0.29) is 0 Å². The molecule has 74 valence electrons. The van der Waals surface area contributed by atoms with E-state index >= 15 is 0 Å². The molecule has 0 radical (unpaired) electrons. The summed E-state index contributed by atoms with van der Waals surface area (Å²) in [6, 6.07) is 0. The lowest BCUT2D eigenvalue weighted by molar-refractivity contribution is 0.478. The van der Waals surface area contributed by atoms with Gasteiger partial charge in [-0.25, -0.2) is 4.98 Å². The minimum absolute atomic E-state index is 0.519. The van der Waals surface area contributed by atoms with Gasteiger partial charge in [-0.1, -0.05) is 0 Å². The number of hydrogen-bond donors (Lipinski definition) is 2. The lowest BCUT2D eigenvalue weighted by Gasteiger charge is -2.19. The van der Waals surface area contributed by atoms with Gasteiger partial charge in [-0.15, -0.1) is 0 Å². The topological polar surface area (TPSA) is 59.0 Å². The Morgan fingerprint density at radius 2 is 1.77 bits per heavy atom. The summed E-state index contributed by atoms with van der Waals surface area (Å²) >= 11 is 0. The molecule has 5 nitrogen and oxygen atoms in total. The van der Waals surface area contributed by atoms with E-state index in [9.17, 15) is 0 Å². The maximum Gasteiger partial charge on any atom is 0.192 e. The van der Waals surface area contributed by atoms with Crippen LogP contribution in [0.25, 0.3) is 0 Å². The van der Waals surface area contributed by atoms with Crippen LogP contribution in [-0.4, -0.2) is 53.9 Å². The number of imidazole rings is 1. The maximum atomic E-state index is 7.25. The van der Waals surface area contributed by atoms with E-state index in [1.54, 1.807) is 28.5 Å². The molecule has 2 N–H and O–H groups in total. The van der Waals surface area contributed by atoms with Gasteiger partial charge in [-0.3, -0.25) is 5.41 Å². The normalized spacial score (nSPS) is 8.31. The van der Waals surface area contributed by atoms with Gasteiger partial charge in [0.25, 0.3) is 0 Å². The molecule has 0 aliphatic heterocycles. The lowest BCUT2D eigenvalue weighted by Crippen LogP contribution is -2.34. The van der Waals surface area contributed by atoms with Crippen molar-refractivity contribution in [3.05, 3.63) is 18.7 Å². The summed E-state index contributed by atoms with van der Waals surface area (Å²) in [4.78, 5) is 9.92. The SMILES string of the molecule is CN(C)C(=N)N(C)C.c1c[nH]cn1. The van der Waals surface area contributed by atoms with Crippen LogP contribution in [0.4, 0.5) is 0 Å². The first-order valence-corrected chi connectivity index (χ1v) is 3.91. The van der Waals surface area contributed by atoms with Crippen LogP contribution in [0.15, 0.2) is 18.7 Å². The van der Waals surface area contributed by atoms with Crippen molar-refractivity contribution in [2.24, 2.45) is 0 Å². The van der Waals surface area contributed by atoms with Gasteiger partial charge in [0.05, 0.1) is 6.33 Å². The average molecular weight is 183 g/mol. The molecule has 13 heavy (non-hydrogen) atoms. The number of H-pyrrole nitrogens is 1. The quantitative estimate of drug-likeness (QED) is 0.453. The second-order valence-corrected chi connectivity index (χ2v) is 2.87. The Kier molecular flexibility index (Phi) is 5.34. The molecule has 0 aliphatic rings. The Labute approximate surface area is 78.9 Å². The lowest BCUT2D eigenvalue weighted by atomic mass is 10.7. The molecular formula is C8H17N5. The molecule has 0 saturated heterocycles. The summed E-state index contributed by atoms with van der Waals surface area (Å²) in [6.07, 6.45) is 5.08. The van der Waals surface area contributed by atoms with Gasteiger partial charge < -0.3 is 14.8 Å². The minimum Gasteiger partial charge on any atom is -0.351 e. The van der Waals surface area contributed by atoms with Crippen LogP contribution in [-0.2, 0) is 0 Å². The Morgan fingerprint density at radius 1 is 1.23 bits per heavy atom. The fourth-order valence-corrected chi connectivity index (χ4v) is 0.615. The standard InChI is InChI=1S/C5H13N3.C3H4N2/c1-7(2)5(6)8(3)4;1-2-5-3-4-1/h6H,1-4H3;1-3H,(H,4,5). The van der Waals surface area contributed by atoms with Crippen LogP contribution >= 0.6 is 0 Å². The first-order valence-electron chi connectivity index (χ1n) is 3.91. The zero-order chi connectivity index (χ0) is 10.3. The highest BCUT2D eigenvalue weighted by atomic mass is 15.3. The van der Waals surface area contributed by atoms with Crippen LogP contribution in [0.3, 0.4) is 0 Å². The predicted octanol–water partition coefficient (Wildman–Crippen LogP) is 0.454. The molecule has 0 fully saturated rings. The molecule has 0 aromatic carbocycles. The fraction of sp³-hybridized carbons (Fsp3) is 0.500. The largest absolute Gasteiger partial charge is 0.351 e. The molecule has 0 aliphatic carbocycles. The van der Waals surface area contributed by atoms with Gasteiger partial charge in [0, 0.05) is 40.6 Å². The van der Waals surface area contributed by atoms with Gasteiger partial charge in [0.2, 0.25) is 0 Å². The summed E-state index contributed by atoms with van der Waals surface area (Å²) in [5, 5.41) is 7.25. The smallest absolute Gasteiger partial charge is 0.192 e. The van der Waals surface area contributed by atoms with Crippen molar-refractivity contribution >= 4 is 5.96 Å². The minimum atomic E-state index is 0.519. The first-order chi connectivity index (χ1) is 6.05. The highest BCUT2D eigenvalue weighted by Gasteiger charge is 1.97. The van der Waals surface area contributed by atoms with Crippen molar-refractivity contribution in [2.75, 3.05) is 28.2 Å². The predicted molar refractivity (Wildman–Crippen MR) is 53.7 cm³/mol. The van der Waals surface area contributed by atoms with Crippen LogP contribution in [0, 0.1) is 5.41 Å². The molecule has 1 heterocycles. The summed E-state index contributed by atoms with van der Waals surface area (Å²) in [7, 11) is 7.40. The highest BCUT2D eigenvalue weighted by Crippen LogP contribution is 1.80. The van der Waals surface area contributed by atoms with Gasteiger partial charge in [0.15, 0.2) is 5.96 Å². The molecule has 0 amide bonds. The summed E-state index contributed by atoms with van der Waals surface area (Å²) in [5.41, 5.74) is 0. The van der Waals surface area contributed by atoms with Gasteiger partial charge in [-0.2, -0.15) is 0 Å². The first kappa shape index (κ1) is 11.5. The van der Waals surface area contributed by atoms with Crippen molar-refractivity contribution in [3.8, 4) is 0 Å². The summed E-state index contributed by atoms with van der Waals surface area (Å²) < 4.78 is 0. The van der Waals surface area contributed by atoms with E-state index in [0.29, 0.717) is 5.96 Å². The van der Waals surface area contributed by atoms with Crippen LogP contribution < -0.4 is 0 Å². The molecule has 1 rings (SSSR count). The highest BCUT2D eigenvalue weighted by molar-refractivity contribution is 5.75. The molecule has 0 bridgehead atoms. The molecule has 0 unspecified atom stereocenters. The number of nitrogens with zero attached hydrogens (tertiary/aromatic N) is 3. The fourth-order valence-electron chi connectivity index (χ4n) is 0.615. The number of aromatic amines is 1. The van der Waals surface area contributed by atoms with E-state index < -0.39 is 0 Å². The van der Waals surface area contributed by atoms with Crippen LogP contribution in [0.2, 0.25) is 0 Å². The van der Waals surface area contributed by atoms with Crippen molar-refractivity contribution in [1.82, 2.24) is 19.8 Å². The second-order valence-electron chi connectivity index (χ2n) is 2.87. The Hall–Kier alpha value is -1.52. The Morgan fingerprint density at radius 3 is 1.85 bits per heavy atom. The molecule has 5 heteroatoms. The number of hydrogen-bond acceptors (Lipinski definition) is 2. The zero-order valence-electron chi connectivity index (χ0n) is 8.57. The van der Waals surface area contributed by atoms with E-state index in [4.69, 9.17) is 5.41 Å². The second kappa shape index (κ2) is 6.05. The van der Waals surface area contributed by atoms with E-state index in [1.807, 2.05) is 28.2 Å². The summed E-state index contributed by atoms with van der Waals surface area (Å²) in [5.74, 6) is 0.519. The monoisotopic (exact) mass is 183 g/mol. The molecule has 0 atom stereocenters. The zero-order valence-corrected chi connectivity index (χ0v) is 8.57. The van der Waals surface area contributed by atoms with E-state index in [0.717, 1.165) is 0 Å². The van der Waals surface area contributed by atoms with Crippen molar-refractivity contribution < 1.29 is 0 Å². The van der Waals surface area contributed by atoms with E-state index in [2.05, 4.69) is 9.97 Å². The number of nitrogens with one attached hydrogen (secondary N) is 2. The Bertz CT molecular complexity index is 187.